The number of nitrogens with zero attached hydrogens (tertiary/aromatic N) is 4. The van der Waals surface area contributed by atoms with Crippen LogP contribution in [0.2, 0.25) is 0 Å². The number of carbonyl (C=O) groups excluding carboxylic acids is 2. The summed E-state index contributed by atoms with van der Waals surface area (Å²) in [6.07, 6.45) is 7.73. The fraction of sp³-hybridized carbons (Fsp3) is 0.463. The van der Waals surface area contributed by atoms with E-state index in [-0.39, 0.29) is 29.9 Å². The maximum Gasteiger partial charge on any atom is 0.223 e. The predicted octanol–water partition coefficient (Wildman–Crippen LogP) is 8.86. The van der Waals surface area contributed by atoms with E-state index in [1.807, 2.05) is 16.0 Å². The summed E-state index contributed by atoms with van der Waals surface area (Å²) in [6, 6.07) is 15.3. The summed E-state index contributed by atoms with van der Waals surface area (Å²) in [7, 11) is 0. The van der Waals surface area contributed by atoms with Crippen LogP contribution in [0.5, 0.6) is 5.75 Å². The highest BCUT2D eigenvalue weighted by molar-refractivity contribution is 6.07. The molecule has 2 saturated heterocycles. The van der Waals surface area contributed by atoms with Crippen molar-refractivity contribution in [2.75, 3.05) is 6.54 Å². The van der Waals surface area contributed by atoms with Crippen LogP contribution in [-0.2, 0) is 16.2 Å². The fourth-order valence-corrected chi connectivity index (χ4v) is 8.44. The molecule has 0 radical (unpaired) electrons. The zero-order valence-electron chi connectivity index (χ0n) is 29.9. The molecule has 8 rings (SSSR count). The molecule has 2 N–H and O–H groups in total. The Morgan fingerprint density at radius 1 is 0.980 bits per heavy atom. The lowest BCUT2D eigenvalue weighted by atomic mass is 9.92. The van der Waals surface area contributed by atoms with Crippen molar-refractivity contribution in [2.24, 2.45) is 11.8 Å². The van der Waals surface area contributed by atoms with Crippen LogP contribution < -0.4 is 4.74 Å². The van der Waals surface area contributed by atoms with Crippen LogP contribution >= 0.6 is 0 Å². The van der Waals surface area contributed by atoms with E-state index in [1.165, 1.54) is 0 Å². The van der Waals surface area contributed by atoms with Crippen LogP contribution in [0.3, 0.4) is 0 Å². The molecule has 5 aromatic rings. The number of likely N-dealkylation sites (tertiary alicyclic amines) is 2. The van der Waals surface area contributed by atoms with Crippen molar-refractivity contribution < 1.29 is 14.3 Å². The first-order valence-electron chi connectivity index (χ1n) is 18.6. The van der Waals surface area contributed by atoms with Crippen LogP contribution in [0.1, 0.15) is 109 Å². The van der Waals surface area contributed by atoms with Gasteiger partial charge in [-0.15, -0.1) is 0 Å². The Morgan fingerprint density at radius 2 is 1.84 bits per heavy atom. The van der Waals surface area contributed by atoms with Gasteiger partial charge in [0.25, 0.3) is 0 Å². The molecule has 260 valence electrons. The number of fused-ring (bicyclic) bond motifs is 6. The largest absolute Gasteiger partial charge is 0.488 e. The van der Waals surface area contributed by atoms with Crippen molar-refractivity contribution in [2.45, 2.75) is 104 Å². The van der Waals surface area contributed by atoms with Gasteiger partial charge in [-0.1, -0.05) is 52.3 Å². The monoisotopic (exact) mass is 672 g/mol. The summed E-state index contributed by atoms with van der Waals surface area (Å²) in [6.45, 7) is 12.0. The van der Waals surface area contributed by atoms with Gasteiger partial charge in [-0.25, -0.2) is 9.97 Å². The number of amides is 2. The lowest BCUT2D eigenvalue weighted by Gasteiger charge is -2.27. The highest BCUT2D eigenvalue weighted by Crippen LogP contribution is 2.44. The Balaban J connectivity index is 1.07. The number of hydrogen-bond acceptors (Lipinski definition) is 5. The van der Waals surface area contributed by atoms with Crippen molar-refractivity contribution in [1.82, 2.24) is 29.7 Å². The predicted molar refractivity (Wildman–Crippen MR) is 196 cm³/mol. The molecule has 0 spiro atoms. The second-order valence-corrected chi connectivity index (χ2v) is 15.1. The highest BCUT2D eigenvalue weighted by atomic mass is 16.5. The van der Waals surface area contributed by atoms with E-state index in [0.717, 1.165) is 106 Å². The average molecular weight is 673 g/mol. The van der Waals surface area contributed by atoms with Gasteiger partial charge in [-0.3, -0.25) is 9.59 Å². The summed E-state index contributed by atoms with van der Waals surface area (Å²) in [5.74, 6) is 3.85. The van der Waals surface area contributed by atoms with E-state index < -0.39 is 0 Å². The normalized spacial score (nSPS) is 22.2. The van der Waals surface area contributed by atoms with Gasteiger partial charge in [0.2, 0.25) is 11.8 Å². The Labute approximate surface area is 293 Å². The first kappa shape index (κ1) is 32.5. The van der Waals surface area contributed by atoms with Gasteiger partial charge < -0.3 is 24.5 Å². The van der Waals surface area contributed by atoms with Gasteiger partial charge in [0.15, 0.2) is 0 Å². The smallest absolute Gasteiger partial charge is 0.223 e. The Kier molecular flexibility index (Phi) is 8.40. The van der Waals surface area contributed by atoms with Crippen molar-refractivity contribution in [3.8, 4) is 28.1 Å². The molecule has 50 heavy (non-hydrogen) atoms. The number of rotatable bonds is 8. The summed E-state index contributed by atoms with van der Waals surface area (Å²) in [4.78, 5) is 47.3. The molecule has 9 heteroatoms. The molecule has 0 aliphatic carbocycles. The lowest BCUT2D eigenvalue weighted by molar-refractivity contribution is -0.134. The summed E-state index contributed by atoms with van der Waals surface area (Å²) < 4.78 is 6.41. The number of ether oxygens (including phenoxy) is 1. The van der Waals surface area contributed by atoms with Gasteiger partial charge in [0.1, 0.15) is 24.0 Å². The molecule has 5 atom stereocenters. The van der Waals surface area contributed by atoms with E-state index in [9.17, 15) is 9.59 Å². The lowest BCUT2D eigenvalue weighted by Crippen LogP contribution is -2.35. The van der Waals surface area contributed by atoms with Gasteiger partial charge in [0, 0.05) is 36.4 Å². The quantitative estimate of drug-likeness (QED) is 0.171. The van der Waals surface area contributed by atoms with Crippen LogP contribution in [0.15, 0.2) is 48.7 Å². The Morgan fingerprint density at radius 3 is 2.66 bits per heavy atom. The van der Waals surface area contributed by atoms with Crippen molar-refractivity contribution in [1.29, 1.82) is 0 Å². The Bertz CT molecular complexity index is 2100. The molecule has 3 aliphatic heterocycles. The van der Waals surface area contributed by atoms with Crippen LogP contribution in [0.4, 0.5) is 0 Å². The molecule has 2 fully saturated rings. The number of nitrogens with one attached hydrogen (secondary N) is 2. The molecule has 3 aromatic carbocycles. The zero-order chi connectivity index (χ0) is 34.7. The maximum atomic E-state index is 13.2. The number of benzene rings is 3. The number of carbonyl (C=O) groups is 2. The molecule has 2 aromatic heterocycles. The second kappa shape index (κ2) is 12.9. The summed E-state index contributed by atoms with van der Waals surface area (Å²) >= 11 is 0. The summed E-state index contributed by atoms with van der Waals surface area (Å²) in [5, 5.41) is 2.15. The van der Waals surface area contributed by atoms with Crippen LogP contribution in [0.25, 0.3) is 44.2 Å². The third-order valence-electron chi connectivity index (χ3n) is 11.4. The minimum absolute atomic E-state index is 0.0160. The van der Waals surface area contributed by atoms with Crippen LogP contribution in [-0.4, -0.2) is 54.1 Å². The number of imidazole rings is 2. The highest BCUT2D eigenvalue weighted by Gasteiger charge is 2.37. The molecule has 2 amide bonds. The molecule has 2 unspecified atom stereocenters. The second-order valence-electron chi connectivity index (χ2n) is 15.1. The third kappa shape index (κ3) is 5.64. The first-order valence-corrected chi connectivity index (χ1v) is 18.6. The third-order valence-corrected chi connectivity index (χ3v) is 11.4. The molecule has 5 heterocycles. The minimum Gasteiger partial charge on any atom is -0.488 e. The molecule has 0 saturated carbocycles. The van der Waals surface area contributed by atoms with Crippen molar-refractivity contribution in [3.05, 3.63) is 65.9 Å². The molecule has 0 bridgehead atoms. The number of aromatic nitrogens is 4. The van der Waals surface area contributed by atoms with Gasteiger partial charge in [-0.2, -0.15) is 0 Å². The van der Waals surface area contributed by atoms with Crippen molar-refractivity contribution in [3.63, 3.8) is 0 Å². The minimum atomic E-state index is -0.0230. The van der Waals surface area contributed by atoms with E-state index in [0.29, 0.717) is 31.3 Å². The molecular weight excluding hydrogens is 624 g/mol. The van der Waals surface area contributed by atoms with E-state index >= 15 is 0 Å². The first-order chi connectivity index (χ1) is 24.2. The number of H-pyrrole nitrogens is 2. The molecule has 9 nitrogen and oxygen atoms in total. The zero-order valence-corrected chi connectivity index (χ0v) is 29.9. The van der Waals surface area contributed by atoms with Gasteiger partial charge in [-0.05, 0) is 90.8 Å². The maximum absolute atomic E-state index is 13.2. The average Bonchev–Trinajstić information content (AvgIpc) is 3.92. The standard InChI is InChI=1S/C41H48N6O3/c1-6-8-37(48)47-25(5)9-14-34(47)41-43-32-13-11-26-18-31-29-12-10-27(17-28(29)22-50-36(31)19-30(26)39(32)45-41)33-20-42-40(44-33)35-15-24(4)21-46(35)38(49)16-23(3)7-2/h10-13,17-20,23-25,34-35H,6-9,14-16,21-22H2,1-5H3,(H,42,44)(H,43,45)/t23-,24-,25-,34?,35?/m0/s1. The van der Waals surface area contributed by atoms with Crippen molar-refractivity contribution >= 4 is 33.6 Å². The van der Waals surface area contributed by atoms with Crippen LogP contribution in [0, 0.1) is 11.8 Å². The van der Waals surface area contributed by atoms with Gasteiger partial charge >= 0.3 is 0 Å². The Hall–Kier alpha value is -4.66. The number of hydrogen-bond donors (Lipinski definition) is 2. The molecule has 3 aliphatic rings. The SMILES string of the molecule is CCCC(=O)N1C(c2nc3c(ccc4cc5c(cc43)OCc3cc(-c4cnc(C6C[C@H](C)CN6C(=O)C[C@@H](C)CC)[nH]4)ccc3-5)[nH]2)CC[C@@H]1C. The van der Waals surface area contributed by atoms with E-state index in [4.69, 9.17) is 14.7 Å². The topological polar surface area (TPSA) is 107 Å². The number of aromatic amines is 2. The van der Waals surface area contributed by atoms with Gasteiger partial charge in [0.05, 0.1) is 35.0 Å². The fourth-order valence-electron chi connectivity index (χ4n) is 8.44. The summed E-state index contributed by atoms with van der Waals surface area (Å²) in [5.41, 5.74) is 7.25. The van der Waals surface area contributed by atoms with E-state index in [2.05, 4.69) is 87.1 Å². The molecular formula is C41H48N6O3. The van der Waals surface area contributed by atoms with E-state index in [1.54, 1.807) is 0 Å².